The van der Waals surface area contributed by atoms with Crippen LogP contribution in [0.1, 0.15) is 23.3 Å². The number of amides is 1. The lowest BCUT2D eigenvalue weighted by atomic mass is 9.97. The van der Waals surface area contributed by atoms with Crippen molar-refractivity contribution >= 4 is 22.6 Å². The van der Waals surface area contributed by atoms with Crippen molar-refractivity contribution in [3.05, 3.63) is 24.2 Å². The van der Waals surface area contributed by atoms with Gasteiger partial charge in [0.25, 0.3) is 5.91 Å². The molecule has 2 fully saturated rings. The number of carbonyl (C=O) groups excluding carboxylic acids is 1. The number of fused-ring (bicyclic) bond motifs is 3. The number of hydrogen-bond donors (Lipinski definition) is 1. The van der Waals surface area contributed by atoms with E-state index >= 15 is 0 Å². The summed E-state index contributed by atoms with van der Waals surface area (Å²) in [5.41, 5.74) is 2.11. The molecule has 2 saturated heterocycles. The molecule has 2 aliphatic rings. The van der Waals surface area contributed by atoms with Crippen molar-refractivity contribution in [2.45, 2.75) is 18.9 Å². The monoisotopic (exact) mass is 314 g/mol. The van der Waals surface area contributed by atoms with Crippen LogP contribution in [0.15, 0.2) is 22.9 Å². The van der Waals surface area contributed by atoms with Gasteiger partial charge in [-0.2, -0.15) is 0 Å². The zero-order valence-corrected chi connectivity index (χ0v) is 13.6. The summed E-state index contributed by atoms with van der Waals surface area (Å²) < 4.78 is 5.49. The van der Waals surface area contributed by atoms with Gasteiger partial charge in [0, 0.05) is 38.6 Å². The van der Waals surface area contributed by atoms with Crippen molar-refractivity contribution in [2.75, 3.05) is 38.6 Å². The van der Waals surface area contributed by atoms with Crippen LogP contribution in [0.5, 0.6) is 0 Å². The average Bonchev–Trinajstić information content (AvgIpc) is 3.09. The summed E-state index contributed by atoms with van der Waals surface area (Å²) in [4.78, 5) is 21.2. The zero-order valence-electron chi connectivity index (χ0n) is 13.6. The molecule has 2 bridgehead atoms. The highest BCUT2D eigenvalue weighted by Crippen LogP contribution is 2.29. The molecule has 0 radical (unpaired) electrons. The fourth-order valence-corrected chi connectivity index (χ4v) is 3.81. The normalized spacial score (nSPS) is 26.4. The highest BCUT2D eigenvalue weighted by molar-refractivity contribution is 5.99. The predicted molar refractivity (Wildman–Crippen MR) is 88.8 cm³/mol. The largest absolute Gasteiger partial charge is 0.460 e. The Kier molecular flexibility index (Phi) is 3.49. The van der Waals surface area contributed by atoms with E-state index in [0.717, 1.165) is 30.0 Å². The van der Waals surface area contributed by atoms with Gasteiger partial charge in [-0.3, -0.25) is 4.79 Å². The van der Waals surface area contributed by atoms with Crippen LogP contribution in [0, 0.1) is 5.92 Å². The third-order valence-electron chi connectivity index (χ3n) is 4.96. The molecule has 4 heterocycles. The second-order valence-electron chi connectivity index (χ2n) is 6.90. The second kappa shape index (κ2) is 5.53. The lowest BCUT2D eigenvalue weighted by molar-refractivity contribution is 0.0904. The van der Waals surface area contributed by atoms with E-state index in [2.05, 4.69) is 15.2 Å². The first-order chi connectivity index (χ1) is 11.1. The second-order valence-corrected chi connectivity index (χ2v) is 6.90. The molecule has 23 heavy (non-hydrogen) atoms. The number of rotatable bonds is 3. The third kappa shape index (κ3) is 2.67. The summed E-state index contributed by atoms with van der Waals surface area (Å²) in [6.07, 6.45) is 5.67. The molecule has 2 aromatic heterocycles. The van der Waals surface area contributed by atoms with Crippen molar-refractivity contribution in [1.29, 1.82) is 0 Å². The van der Waals surface area contributed by atoms with Crippen LogP contribution in [0.2, 0.25) is 0 Å². The zero-order chi connectivity index (χ0) is 16.0. The Morgan fingerprint density at radius 3 is 3.09 bits per heavy atom. The number of carbonyl (C=O) groups is 1. The number of nitrogens with one attached hydrogen (secondary N) is 1. The predicted octanol–water partition coefficient (Wildman–Crippen LogP) is 1.72. The Balaban J connectivity index is 1.54. The lowest BCUT2D eigenvalue weighted by Gasteiger charge is -2.30. The number of pyridine rings is 1. The molecular formula is C17H22N4O2. The van der Waals surface area contributed by atoms with Crippen LogP contribution in [-0.2, 0) is 0 Å². The molecule has 6 heteroatoms. The molecule has 0 spiro atoms. The van der Waals surface area contributed by atoms with Crippen molar-refractivity contribution in [3.63, 3.8) is 0 Å². The molecule has 1 N–H and O–H groups in total. The summed E-state index contributed by atoms with van der Waals surface area (Å²) in [7, 11) is 3.91. The Hall–Kier alpha value is -2.08. The molecule has 1 amide bonds. The summed E-state index contributed by atoms with van der Waals surface area (Å²) >= 11 is 0. The van der Waals surface area contributed by atoms with E-state index in [1.165, 1.54) is 19.5 Å². The number of furan rings is 1. The van der Waals surface area contributed by atoms with Crippen LogP contribution in [-0.4, -0.2) is 55.6 Å². The standard InChI is InChI=1S/C17H22N4O2/c1-20(2)15-10-23-16-7-18-14(6-13(15)16)17(22)19-12-5-11-3-4-21(8-11)9-12/h6-7,10-12H,3-5,8-9H2,1-2H3,(H,19,22). The van der Waals surface area contributed by atoms with Crippen molar-refractivity contribution in [1.82, 2.24) is 15.2 Å². The molecule has 2 aliphatic heterocycles. The molecule has 3 atom stereocenters. The SMILES string of the molecule is CN(C)c1coc2cnc(C(=O)NC3CC4CCN(C4)C3)cc12. The Morgan fingerprint density at radius 1 is 1.43 bits per heavy atom. The minimum atomic E-state index is -0.0923. The molecule has 4 rings (SSSR count). The summed E-state index contributed by atoms with van der Waals surface area (Å²) in [6.45, 7) is 3.32. The van der Waals surface area contributed by atoms with E-state index in [9.17, 15) is 4.79 Å². The van der Waals surface area contributed by atoms with Crippen LogP contribution >= 0.6 is 0 Å². The average molecular weight is 314 g/mol. The van der Waals surface area contributed by atoms with Gasteiger partial charge in [0.1, 0.15) is 12.0 Å². The van der Waals surface area contributed by atoms with Crippen molar-refractivity contribution in [2.24, 2.45) is 5.92 Å². The topological polar surface area (TPSA) is 61.6 Å². The molecule has 0 aromatic carbocycles. The molecule has 122 valence electrons. The maximum Gasteiger partial charge on any atom is 0.270 e. The highest BCUT2D eigenvalue weighted by atomic mass is 16.3. The van der Waals surface area contributed by atoms with Gasteiger partial charge in [-0.15, -0.1) is 0 Å². The first kappa shape index (κ1) is 14.5. The van der Waals surface area contributed by atoms with Crippen molar-refractivity contribution < 1.29 is 9.21 Å². The third-order valence-corrected chi connectivity index (χ3v) is 4.96. The van der Waals surface area contributed by atoms with E-state index in [0.29, 0.717) is 11.3 Å². The van der Waals surface area contributed by atoms with E-state index in [1.54, 1.807) is 12.5 Å². The molecule has 2 aromatic rings. The van der Waals surface area contributed by atoms with Gasteiger partial charge in [0.15, 0.2) is 5.58 Å². The fourth-order valence-electron chi connectivity index (χ4n) is 3.81. The lowest BCUT2D eigenvalue weighted by Crippen LogP contribution is -2.47. The molecule has 6 nitrogen and oxygen atoms in total. The number of aromatic nitrogens is 1. The molecule has 3 unspecified atom stereocenters. The summed E-state index contributed by atoms with van der Waals surface area (Å²) in [5, 5.41) is 4.07. The van der Waals surface area contributed by atoms with E-state index in [-0.39, 0.29) is 11.9 Å². The van der Waals surface area contributed by atoms with Gasteiger partial charge in [0.05, 0.1) is 11.9 Å². The van der Waals surface area contributed by atoms with Gasteiger partial charge >= 0.3 is 0 Å². The number of anilines is 1. The quantitative estimate of drug-likeness (QED) is 0.934. The minimum absolute atomic E-state index is 0.0923. The van der Waals surface area contributed by atoms with Crippen LogP contribution in [0.3, 0.4) is 0 Å². The smallest absolute Gasteiger partial charge is 0.270 e. The summed E-state index contributed by atoms with van der Waals surface area (Å²) in [5.74, 6) is 0.643. The highest BCUT2D eigenvalue weighted by Gasteiger charge is 2.33. The number of nitrogens with zero attached hydrogens (tertiary/aromatic N) is 3. The minimum Gasteiger partial charge on any atom is -0.460 e. The fraction of sp³-hybridized carbons (Fsp3) is 0.529. The van der Waals surface area contributed by atoms with Gasteiger partial charge in [0.2, 0.25) is 0 Å². The Bertz CT molecular complexity index is 727. The number of hydrogen-bond acceptors (Lipinski definition) is 5. The Labute approximate surface area is 135 Å². The van der Waals surface area contributed by atoms with E-state index < -0.39 is 0 Å². The van der Waals surface area contributed by atoms with Gasteiger partial charge in [-0.25, -0.2) is 4.98 Å². The molecular weight excluding hydrogens is 292 g/mol. The maximum absolute atomic E-state index is 12.6. The van der Waals surface area contributed by atoms with Gasteiger partial charge in [-0.05, 0) is 31.4 Å². The van der Waals surface area contributed by atoms with Crippen LogP contribution in [0.4, 0.5) is 5.69 Å². The molecule has 0 aliphatic carbocycles. The van der Waals surface area contributed by atoms with Crippen molar-refractivity contribution in [3.8, 4) is 0 Å². The first-order valence-corrected chi connectivity index (χ1v) is 8.18. The van der Waals surface area contributed by atoms with Gasteiger partial charge < -0.3 is 19.5 Å². The summed E-state index contributed by atoms with van der Waals surface area (Å²) in [6, 6.07) is 2.06. The first-order valence-electron chi connectivity index (χ1n) is 8.18. The number of piperidine rings is 1. The van der Waals surface area contributed by atoms with Gasteiger partial charge in [-0.1, -0.05) is 0 Å². The van der Waals surface area contributed by atoms with Crippen LogP contribution < -0.4 is 10.2 Å². The maximum atomic E-state index is 12.6. The van der Waals surface area contributed by atoms with Crippen LogP contribution in [0.25, 0.3) is 11.0 Å². The van der Waals surface area contributed by atoms with E-state index in [4.69, 9.17) is 4.42 Å². The van der Waals surface area contributed by atoms with E-state index in [1.807, 2.05) is 25.1 Å². The Morgan fingerprint density at radius 2 is 2.30 bits per heavy atom. The molecule has 0 saturated carbocycles.